The van der Waals surface area contributed by atoms with Crippen molar-refractivity contribution in [1.82, 2.24) is 0 Å². The fraction of sp³-hybridized carbons (Fsp3) is 0.188. The molecule has 2 rings (SSSR count). The molecule has 98 valence electrons. The molecule has 2 N–H and O–H groups in total. The van der Waals surface area contributed by atoms with Crippen LogP contribution in [-0.2, 0) is 11.2 Å². The normalized spacial score (nSPS) is 10.2. The first-order chi connectivity index (χ1) is 9.06. The standard InChI is InChI=1S/C16H18N2O/c1-12-5-3-8-15(9-12)18(2)16(19)11-13-6-4-7-14(17)10-13/h3-10H,11,17H2,1-2H3. The Hall–Kier alpha value is -2.29. The van der Waals surface area contributed by atoms with Crippen molar-refractivity contribution in [2.75, 3.05) is 17.7 Å². The van der Waals surface area contributed by atoms with Gasteiger partial charge in [-0.3, -0.25) is 4.79 Å². The summed E-state index contributed by atoms with van der Waals surface area (Å²) in [5, 5.41) is 0. The first kappa shape index (κ1) is 13.1. The Morgan fingerprint density at radius 1 is 1.16 bits per heavy atom. The van der Waals surface area contributed by atoms with Gasteiger partial charge in [-0.15, -0.1) is 0 Å². The highest BCUT2D eigenvalue weighted by Gasteiger charge is 2.11. The minimum atomic E-state index is 0.0520. The van der Waals surface area contributed by atoms with Gasteiger partial charge < -0.3 is 10.6 Å². The van der Waals surface area contributed by atoms with Crippen molar-refractivity contribution in [1.29, 1.82) is 0 Å². The van der Waals surface area contributed by atoms with Crippen LogP contribution >= 0.6 is 0 Å². The lowest BCUT2D eigenvalue weighted by Crippen LogP contribution is -2.27. The van der Waals surface area contributed by atoms with E-state index in [1.807, 2.05) is 55.5 Å². The zero-order valence-corrected chi connectivity index (χ0v) is 11.3. The molecule has 0 saturated heterocycles. The van der Waals surface area contributed by atoms with Crippen LogP contribution in [0.15, 0.2) is 48.5 Å². The summed E-state index contributed by atoms with van der Waals surface area (Å²) in [7, 11) is 1.80. The Bertz CT molecular complexity index is 593. The maximum atomic E-state index is 12.2. The number of amides is 1. The van der Waals surface area contributed by atoms with Crippen molar-refractivity contribution in [3.8, 4) is 0 Å². The van der Waals surface area contributed by atoms with Crippen LogP contribution in [0.3, 0.4) is 0 Å². The third-order valence-electron chi connectivity index (χ3n) is 3.07. The molecule has 0 saturated carbocycles. The van der Waals surface area contributed by atoms with Gasteiger partial charge in [-0.1, -0.05) is 24.3 Å². The molecule has 3 heteroatoms. The predicted octanol–water partition coefficient (Wildman–Crippen LogP) is 2.78. The Morgan fingerprint density at radius 3 is 2.58 bits per heavy atom. The molecule has 0 aromatic heterocycles. The third kappa shape index (κ3) is 3.35. The second-order valence-electron chi connectivity index (χ2n) is 4.71. The van der Waals surface area contributed by atoms with Gasteiger partial charge in [-0.2, -0.15) is 0 Å². The number of rotatable bonds is 3. The summed E-state index contributed by atoms with van der Waals surface area (Å²) in [6.45, 7) is 2.01. The number of aryl methyl sites for hydroxylation is 1. The average Bonchev–Trinajstić information content (AvgIpc) is 2.38. The quantitative estimate of drug-likeness (QED) is 0.856. The third-order valence-corrected chi connectivity index (χ3v) is 3.07. The Morgan fingerprint density at radius 2 is 1.89 bits per heavy atom. The van der Waals surface area contributed by atoms with Gasteiger partial charge in [0.25, 0.3) is 0 Å². The van der Waals surface area contributed by atoms with Crippen LogP contribution in [0, 0.1) is 6.92 Å². The molecule has 2 aromatic carbocycles. The van der Waals surface area contributed by atoms with Crippen LogP contribution in [0.5, 0.6) is 0 Å². The molecular weight excluding hydrogens is 236 g/mol. The van der Waals surface area contributed by atoms with Crippen molar-refractivity contribution in [2.45, 2.75) is 13.3 Å². The summed E-state index contributed by atoms with van der Waals surface area (Å²) >= 11 is 0. The molecule has 0 heterocycles. The number of hydrogen-bond acceptors (Lipinski definition) is 2. The van der Waals surface area contributed by atoms with Gasteiger partial charge in [0.15, 0.2) is 0 Å². The van der Waals surface area contributed by atoms with Crippen LogP contribution < -0.4 is 10.6 Å². The van der Waals surface area contributed by atoms with Crippen molar-refractivity contribution < 1.29 is 4.79 Å². The Balaban J connectivity index is 2.12. The first-order valence-corrected chi connectivity index (χ1v) is 6.24. The second kappa shape index (κ2) is 5.57. The monoisotopic (exact) mass is 254 g/mol. The number of nitrogens with two attached hydrogens (primary N) is 1. The number of carbonyl (C=O) groups excluding carboxylic acids is 1. The summed E-state index contributed by atoms with van der Waals surface area (Å²) in [6, 6.07) is 15.3. The van der Waals surface area contributed by atoms with Crippen LogP contribution in [0.4, 0.5) is 11.4 Å². The molecule has 0 aliphatic rings. The molecule has 2 aromatic rings. The number of benzene rings is 2. The summed E-state index contributed by atoms with van der Waals surface area (Å²) in [5.41, 5.74) is 9.39. The molecule has 1 amide bonds. The highest BCUT2D eigenvalue weighted by Crippen LogP contribution is 2.16. The van der Waals surface area contributed by atoms with Crippen LogP contribution in [0.1, 0.15) is 11.1 Å². The zero-order valence-electron chi connectivity index (χ0n) is 11.3. The minimum absolute atomic E-state index is 0.0520. The second-order valence-corrected chi connectivity index (χ2v) is 4.71. The van der Waals surface area contributed by atoms with Gasteiger partial charge in [0.1, 0.15) is 0 Å². The van der Waals surface area contributed by atoms with Gasteiger partial charge in [0.2, 0.25) is 5.91 Å². The average molecular weight is 254 g/mol. The fourth-order valence-corrected chi connectivity index (χ4v) is 1.98. The lowest BCUT2D eigenvalue weighted by atomic mass is 10.1. The number of nitrogen functional groups attached to an aromatic ring is 1. The van der Waals surface area contributed by atoms with E-state index in [-0.39, 0.29) is 5.91 Å². The molecule has 3 nitrogen and oxygen atoms in total. The maximum Gasteiger partial charge on any atom is 0.231 e. The summed E-state index contributed by atoms with van der Waals surface area (Å²) in [4.78, 5) is 13.9. The highest BCUT2D eigenvalue weighted by atomic mass is 16.2. The van der Waals surface area contributed by atoms with Crippen LogP contribution in [0.25, 0.3) is 0 Å². The number of anilines is 2. The van der Waals surface area contributed by atoms with E-state index in [1.54, 1.807) is 11.9 Å². The summed E-state index contributed by atoms with van der Waals surface area (Å²) in [6.07, 6.45) is 0.357. The van der Waals surface area contributed by atoms with E-state index in [4.69, 9.17) is 5.73 Å². The van der Waals surface area contributed by atoms with Crippen molar-refractivity contribution in [3.05, 3.63) is 59.7 Å². The highest BCUT2D eigenvalue weighted by molar-refractivity contribution is 5.94. The molecule has 0 aliphatic heterocycles. The summed E-state index contributed by atoms with van der Waals surface area (Å²) in [5.74, 6) is 0.0520. The van der Waals surface area contributed by atoms with Crippen molar-refractivity contribution in [2.24, 2.45) is 0 Å². The molecule has 0 fully saturated rings. The molecule has 0 unspecified atom stereocenters. The zero-order chi connectivity index (χ0) is 13.8. The molecule has 0 radical (unpaired) electrons. The SMILES string of the molecule is Cc1cccc(N(C)C(=O)Cc2cccc(N)c2)c1. The Labute approximate surface area is 113 Å². The van der Waals surface area contributed by atoms with Crippen LogP contribution in [0.2, 0.25) is 0 Å². The molecule has 0 aliphatic carbocycles. The van der Waals surface area contributed by atoms with E-state index in [0.29, 0.717) is 12.1 Å². The van der Waals surface area contributed by atoms with Gasteiger partial charge in [-0.05, 0) is 42.3 Å². The number of nitrogens with zero attached hydrogens (tertiary/aromatic N) is 1. The first-order valence-electron chi connectivity index (χ1n) is 6.24. The van der Waals surface area contributed by atoms with E-state index >= 15 is 0 Å². The van der Waals surface area contributed by atoms with E-state index in [0.717, 1.165) is 16.8 Å². The van der Waals surface area contributed by atoms with E-state index in [1.165, 1.54) is 0 Å². The molecule has 0 spiro atoms. The lowest BCUT2D eigenvalue weighted by molar-refractivity contribution is -0.117. The van der Waals surface area contributed by atoms with Gasteiger partial charge in [0.05, 0.1) is 6.42 Å². The number of hydrogen-bond donors (Lipinski definition) is 1. The van der Waals surface area contributed by atoms with Crippen molar-refractivity contribution in [3.63, 3.8) is 0 Å². The van der Waals surface area contributed by atoms with E-state index in [9.17, 15) is 4.79 Å². The number of carbonyl (C=O) groups is 1. The van der Waals surface area contributed by atoms with Crippen molar-refractivity contribution >= 4 is 17.3 Å². The van der Waals surface area contributed by atoms with Crippen LogP contribution in [-0.4, -0.2) is 13.0 Å². The molecule has 0 atom stereocenters. The lowest BCUT2D eigenvalue weighted by Gasteiger charge is -2.18. The Kier molecular flexibility index (Phi) is 3.85. The van der Waals surface area contributed by atoms with Gasteiger partial charge >= 0.3 is 0 Å². The molecular formula is C16H18N2O. The van der Waals surface area contributed by atoms with E-state index in [2.05, 4.69) is 0 Å². The smallest absolute Gasteiger partial charge is 0.231 e. The van der Waals surface area contributed by atoms with Gasteiger partial charge in [-0.25, -0.2) is 0 Å². The predicted molar refractivity (Wildman–Crippen MR) is 79.1 cm³/mol. The van der Waals surface area contributed by atoms with E-state index < -0.39 is 0 Å². The number of likely N-dealkylation sites (N-methyl/N-ethyl adjacent to an activating group) is 1. The fourth-order valence-electron chi connectivity index (χ4n) is 1.98. The molecule has 19 heavy (non-hydrogen) atoms. The van der Waals surface area contributed by atoms with Gasteiger partial charge in [0, 0.05) is 18.4 Å². The maximum absolute atomic E-state index is 12.2. The summed E-state index contributed by atoms with van der Waals surface area (Å²) < 4.78 is 0. The minimum Gasteiger partial charge on any atom is -0.399 e. The molecule has 0 bridgehead atoms. The topological polar surface area (TPSA) is 46.3 Å². The largest absolute Gasteiger partial charge is 0.399 e.